The molecule has 0 radical (unpaired) electrons. The third kappa shape index (κ3) is 3.50. The summed E-state index contributed by atoms with van der Waals surface area (Å²) in [6, 6.07) is 16.7. The number of anilines is 2. The Labute approximate surface area is 179 Å². The number of ether oxygens (including phenoxy) is 1. The van der Waals surface area contributed by atoms with E-state index < -0.39 is 0 Å². The van der Waals surface area contributed by atoms with Crippen molar-refractivity contribution >= 4 is 40.1 Å². The van der Waals surface area contributed by atoms with Crippen LogP contribution < -0.4 is 15.0 Å². The maximum Gasteiger partial charge on any atom is 0.282 e. The quantitative estimate of drug-likeness (QED) is 0.562. The number of aryl methyl sites for hydroxylation is 1. The van der Waals surface area contributed by atoms with Gasteiger partial charge in [0.2, 0.25) is 0 Å². The molecule has 1 aliphatic heterocycles. The Kier molecular flexibility index (Phi) is 5.42. The van der Waals surface area contributed by atoms with Gasteiger partial charge in [0.25, 0.3) is 11.8 Å². The number of hydrogen-bond acceptors (Lipinski definition) is 5. The number of thiophene rings is 1. The number of carbonyl (C=O) groups excluding carboxylic acids is 2. The Morgan fingerprint density at radius 3 is 2.40 bits per heavy atom. The van der Waals surface area contributed by atoms with Gasteiger partial charge in [-0.15, -0.1) is 11.3 Å². The third-order valence-corrected chi connectivity index (χ3v) is 5.99. The number of carbonyl (C=O) groups is 2. The lowest BCUT2D eigenvalue weighted by molar-refractivity contribution is -0.120. The Balaban J connectivity index is 1.76. The van der Waals surface area contributed by atoms with Crippen LogP contribution in [0.1, 0.15) is 22.9 Å². The molecule has 2 heterocycles. The first kappa shape index (κ1) is 19.9. The van der Waals surface area contributed by atoms with E-state index in [1.54, 1.807) is 0 Å². The molecule has 1 aromatic heterocycles. The summed E-state index contributed by atoms with van der Waals surface area (Å²) in [5.41, 5.74) is 3.94. The molecule has 0 bridgehead atoms. The third-order valence-electron chi connectivity index (χ3n) is 5.10. The highest BCUT2D eigenvalue weighted by molar-refractivity contribution is 7.11. The molecular weight excluding hydrogens is 396 g/mol. The van der Waals surface area contributed by atoms with Crippen LogP contribution in [0.4, 0.5) is 11.4 Å². The number of rotatable bonds is 6. The number of hydrogen-bond donors (Lipinski definition) is 1. The topological polar surface area (TPSA) is 58.6 Å². The molecule has 2 amide bonds. The fourth-order valence-corrected chi connectivity index (χ4v) is 4.21. The summed E-state index contributed by atoms with van der Waals surface area (Å²) >= 11 is 1.44. The van der Waals surface area contributed by atoms with Crippen molar-refractivity contribution in [2.45, 2.75) is 20.8 Å². The highest BCUT2D eigenvalue weighted by Gasteiger charge is 2.41. The van der Waals surface area contributed by atoms with Crippen LogP contribution in [0, 0.1) is 13.8 Å². The van der Waals surface area contributed by atoms with Crippen molar-refractivity contribution in [1.82, 2.24) is 0 Å². The first-order chi connectivity index (χ1) is 14.5. The lowest BCUT2D eigenvalue weighted by Gasteiger charge is -2.19. The van der Waals surface area contributed by atoms with Gasteiger partial charge in [0.1, 0.15) is 11.4 Å². The highest BCUT2D eigenvalue weighted by Crippen LogP contribution is 2.37. The van der Waals surface area contributed by atoms with Gasteiger partial charge in [-0.05, 0) is 73.7 Å². The molecule has 0 saturated carbocycles. The van der Waals surface area contributed by atoms with E-state index in [0.717, 1.165) is 21.8 Å². The average molecular weight is 419 g/mol. The summed E-state index contributed by atoms with van der Waals surface area (Å²) in [7, 11) is 0. The minimum absolute atomic E-state index is 0.285. The monoisotopic (exact) mass is 418 g/mol. The number of amides is 2. The van der Waals surface area contributed by atoms with Gasteiger partial charge in [0.15, 0.2) is 0 Å². The molecule has 0 fully saturated rings. The van der Waals surface area contributed by atoms with Crippen LogP contribution >= 0.6 is 11.3 Å². The Bertz CT molecular complexity index is 1130. The van der Waals surface area contributed by atoms with E-state index >= 15 is 0 Å². The van der Waals surface area contributed by atoms with Gasteiger partial charge in [0.05, 0.1) is 17.9 Å². The van der Waals surface area contributed by atoms with Crippen LogP contribution in [0.2, 0.25) is 0 Å². The Hall–Kier alpha value is -3.38. The molecule has 30 heavy (non-hydrogen) atoms. The molecule has 0 unspecified atom stereocenters. The van der Waals surface area contributed by atoms with Crippen molar-refractivity contribution < 1.29 is 14.3 Å². The van der Waals surface area contributed by atoms with E-state index in [4.69, 9.17) is 4.74 Å². The van der Waals surface area contributed by atoms with E-state index in [-0.39, 0.29) is 17.5 Å². The number of benzene rings is 2. The molecule has 5 nitrogen and oxygen atoms in total. The zero-order chi connectivity index (χ0) is 21.3. The van der Waals surface area contributed by atoms with E-state index in [2.05, 4.69) is 5.32 Å². The van der Waals surface area contributed by atoms with E-state index in [1.807, 2.05) is 80.7 Å². The molecule has 0 aliphatic carbocycles. The minimum atomic E-state index is -0.356. The molecule has 6 heteroatoms. The van der Waals surface area contributed by atoms with Crippen molar-refractivity contribution in [3.05, 3.63) is 81.7 Å². The maximum atomic E-state index is 13.4. The molecule has 3 aromatic rings. The lowest BCUT2D eigenvalue weighted by atomic mass is 10.1. The molecule has 0 spiro atoms. The second kappa shape index (κ2) is 8.16. The van der Waals surface area contributed by atoms with E-state index in [1.165, 1.54) is 16.2 Å². The summed E-state index contributed by atoms with van der Waals surface area (Å²) < 4.78 is 5.48. The number of imide groups is 1. The number of nitrogens with zero attached hydrogens (tertiary/aromatic N) is 1. The van der Waals surface area contributed by atoms with Crippen LogP contribution in [-0.2, 0) is 9.59 Å². The first-order valence-corrected chi connectivity index (χ1v) is 10.6. The fraction of sp³-hybridized carbons (Fsp3) is 0.167. The second-order valence-electron chi connectivity index (χ2n) is 6.97. The molecule has 0 saturated heterocycles. The van der Waals surface area contributed by atoms with Crippen molar-refractivity contribution in [2.75, 3.05) is 16.8 Å². The SMILES string of the molecule is CCOc1ccc(NC2=C(c3cccs3)C(=O)N(c3cccc(C)c3C)C2=O)cc1. The largest absolute Gasteiger partial charge is 0.494 e. The van der Waals surface area contributed by atoms with E-state index in [0.29, 0.717) is 23.6 Å². The second-order valence-corrected chi connectivity index (χ2v) is 7.92. The minimum Gasteiger partial charge on any atom is -0.494 e. The van der Waals surface area contributed by atoms with Crippen molar-refractivity contribution in [1.29, 1.82) is 0 Å². The fourth-order valence-electron chi connectivity index (χ4n) is 3.44. The van der Waals surface area contributed by atoms with Gasteiger partial charge < -0.3 is 10.1 Å². The summed E-state index contributed by atoms with van der Waals surface area (Å²) in [5.74, 6) is 0.0805. The molecule has 2 aromatic carbocycles. The maximum absolute atomic E-state index is 13.4. The zero-order valence-corrected chi connectivity index (χ0v) is 17.9. The van der Waals surface area contributed by atoms with Gasteiger partial charge in [-0.3, -0.25) is 9.59 Å². The predicted molar refractivity (Wildman–Crippen MR) is 121 cm³/mol. The summed E-state index contributed by atoms with van der Waals surface area (Å²) in [4.78, 5) is 28.9. The Morgan fingerprint density at radius 1 is 0.967 bits per heavy atom. The van der Waals surface area contributed by atoms with Gasteiger partial charge in [-0.2, -0.15) is 0 Å². The lowest BCUT2D eigenvalue weighted by Crippen LogP contribution is -2.33. The summed E-state index contributed by atoms with van der Waals surface area (Å²) in [5, 5.41) is 5.08. The molecule has 152 valence electrons. The van der Waals surface area contributed by atoms with Gasteiger partial charge in [-0.1, -0.05) is 18.2 Å². The van der Waals surface area contributed by atoms with Crippen LogP contribution in [0.15, 0.2) is 65.7 Å². The van der Waals surface area contributed by atoms with Crippen LogP contribution in [0.25, 0.3) is 5.57 Å². The standard InChI is InChI=1S/C24H22N2O3S/c1-4-29-18-12-10-17(11-13-18)25-22-21(20-9-6-14-30-20)23(27)26(24(22)28)19-8-5-7-15(2)16(19)3/h5-14,25H,4H2,1-3H3. The van der Waals surface area contributed by atoms with E-state index in [9.17, 15) is 9.59 Å². The predicted octanol–water partition coefficient (Wildman–Crippen LogP) is 5.16. The molecular formula is C24H22N2O3S. The molecule has 0 atom stereocenters. The van der Waals surface area contributed by atoms with Gasteiger partial charge in [0, 0.05) is 10.6 Å². The van der Waals surface area contributed by atoms with Gasteiger partial charge >= 0.3 is 0 Å². The summed E-state index contributed by atoms with van der Waals surface area (Å²) in [6.07, 6.45) is 0. The molecule has 4 rings (SSSR count). The smallest absolute Gasteiger partial charge is 0.282 e. The first-order valence-electron chi connectivity index (χ1n) is 9.74. The average Bonchev–Trinajstić information content (AvgIpc) is 3.33. The van der Waals surface area contributed by atoms with Crippen molar-refractivity contribution in [3.63, 3.8) is 0 Å². The van der Waals surface area contributed by atoms with Crippen LogP contribution in [-0.4, -0.2) is 18.4 Å². The Morgan fingerprint density at radius 2 is 1.73 bits per heavy atom. The number of nitrogens with one attached hydrogen (secondary N) is 1. The molecule has 1 aliphatic rings. The molecule has 1 N–H and O–H groups in total. The van der Waals surface area contributed by atoms with Crippen LogP contribution in [0.5, 0.6) is 5.75 Å². The van der Waals surface area contributed by atoms with Crippen molar-refractivity contribution in [2.24, 2.45) is 0 Å². The van der Waals surface area contributed by atoms with Gasteiger partial charge in [-0.25, -0.2) is 4.90 Å². The van der Waals surface area contributed by atoms with Crippen LogP contribution in [0.3, 0.4) is 0 Å². The zero-order valence-electron chi connectivity index (χ0n) is 17.1. The normalized spacial score (nSPS) is 13.9. The summed E-state index contributed by atoms with van der Waals surface area (Å²) in [6.45, 7) is 6.40. The highest BCUT2D eigenvalue weighted by atomic mass is 32.1. The van der Waals surface area contributed by atoms with Crippen molar-refractivity contribution in [3.8, 4) is 5.75 Å².